The average molecular weight is 399 g/mol. The summed E-state index contributed by atoms with van der Waals surface area (Å²) in [6, 6.07) is 13.6. The van der Waals surface area contributed by atoms with Gasteiger partial charge in [-0.15, -0.1) is 0 Å². The smallest absolute Gasteiger partial charge is 0.321 e. The number of amides is 1. The first-order valence-corrected chi connectivity index (χ1v) is 8.53. The van der Waals surface area contributed by atoms with E-state index in [1.807, 2.05) is 0 Å². The van der Waals surface area contributed by atoms with Crippen LogP contribution in [0.3, 0.4) is 0 Å². The van der Waals surface area contributed by atoms with Gasteiger partial charge in [-0.1, -0.05) is 12.1 Å². The third-order valence-corrected chi connectivity index (χ3v) is 4.31. The van der Waals surface area contributed by atoms with Crippen LogP contribution >= 0.6 is 0 Å². The minimum absolute atomic E-state index is 0.121. The maximum Gasteiger partial charge on any atom is 0.416 e. The third kappa shape index (κ3) is 3.96. The van der Waals surface area contributed by atoms with E-state index in [4.69, 9.17) is 0 Å². The molecule has 0 atom stereocenters. The van der Waals surface area contributed by atoms with Gasteiger partial charge in [-0.05, 0) is 59.7 Å². The van der Waals surface area contributed by atoms with Gasteiger partial charge in [-0.3, -0.25) is 4.79 Å². The largest absolute Gasteiger partial charge is 0.416 e. The fourth-order valence-electron chi connectivity index (χ4n) is 2.88. The van der Waals surface area contributed by atoms with Crippen LogP contribution in [-0.4, -0.2) is 15.3 Å². The van der Waals surface area contributed by atoms with E-state index in [0.29, 0.717) is 22.5 Å². The number of aromatic nitrogens is 2. The van der Waals surface area contributed by atoms with Crippen molar-refractivity contribution in [3.8, 4) is 11.1 Å². The molecule has 0 saturated carbocycles. The Labute approximate surface area is 162 Å². The number of nitrogens with one attached hydrogen (secondary N) is 1. The Morgan fingerprint density at radius 2 is 1.69 bits per heavy atom. The zero-order valence-electron chi connectivity index (χ0n) is 14.7. The number of hydrogen-bond donors (Lipinski definition) is 1. The summed E-state index contributed by atoms with van der Waals surface area (Å²) in [5.74, 6) is -0.904. The zero-order valence-corrected chi connectivity index (χ0v) is 14.7. The van der Waals surface area contributed by atoms with E-state index >= 15 is 0 Å². The van der Waals surface area contributed by atoms with Gasteiger partial charge in [0.05, 0.1) is 5.56 Å². The summed E-state index contributed by atoms with van der Waals surface area (Å²) in [6.07, 6.45) is -1.35. The van der Waals surface area contributed by atoms with Crippen molar-refractivity contribution in [1.29, 1.82) is 0 Å². The number of fused-ring (bicyclic) bond motifs is 1. The Morgan fingerprint density at radius 1 is 0.931 bits per heavy atom. The summed E-state index contributed by atoms with van der Waals surface area (Å²) in [6.45, 7) is 0. The van der Waals surface area contributed by atoms with E-state index in [-0.39, 0.29) is 5.69 Å². The summed E-state index contributed by atoms with van der Waals surface area (Å²) >= 11 is 0. The van der Waals surface area contributed by atoms with Crippen molar-refractivity contribution >= 4 is 17.2 Å². The minimum Gasteiger partial charge on any atom is -0.321 e. The summed E-state index contributed by atoms with van der Waals surface area (Å²) in [7, 11) is 0. The zero-order chi connectivity index (χ0) is 20.6. The average Bonchev–Trinajstić information content (AvgIpc) is 3.13. The second-order valence-corrected chi connectivity index (χ2v) is 6.35. The van der Waals surface area contributed by atoms with Gasteiger partial charge in [-0.25, -0.2) is 9.37 Å². The number of benzene rings is 2. The number of nitrogens with zero attached hydrogens (tertiary/aromatic N) is 2. The fraction of sp³-hybridized carbons (Fsp3) is 0.0476. The van der Waals surface area contributed by atoms with Gasteiger partial charge in [-0.2, -0.15) is 13.2 Å². The maximum atomic E-state index is 13.0. The molecule has 2 aromatic carbocycles. The molecular weight excluding hydrogens is 386 g/mol. The Morgan fingerprint density at radius 3 is 2.41 bits per heavy atom. The Bertz CT molecular complexity index is 1200. The molecule has 2 aromatic heterocycles. The van der Waals surface area contributed by atoms with E-state index in [0.717, 1.165) is 12.1 Å². The SMILES string of the molecule is O=C(Nc1ccc(F)cc1)c1cn2cc(-c3cccc(C(F)(F)F)c3)ccc2n1. The van der Waals surface area contributed by atoms with Crippen LogP contribution in [-0.2, 0) is 6.18 Å². The Hall–Kier alpha value is -3.68. The molecular formula is C21H13F4N3O. The van der Waals surface area contributed by atoms with E-state index in [2.05, 4.69) is 10.3 Å². The molecule has 0 fully saturated rings. The lowest BCUT2D eigenvalue weighted by molar-refractivity contribution is -0.137. The van der Waals surface area contributed by atoms with E-state index in [1.165, 1.54) is 36.5 Å². The predicted octanol–water partition coefficient (Wildman–Crippen LogP) is 5.41. The van der Waals surface area contributed by atoms with Crippen LogP contribution in [0.5, 0.6) is 0 Å². The Kier molecular flexibility index (Phi) is 4.54. The lowest BCUT2D eigenvalue weighted by Crippen LogP contribution is -2.12. The lowest BCUT2D eigenvalue weighted by atomic mass is 10.0. The fourth-order valence-corrected chi connectivity index (χ4v) is 2.88. The van der Waals surface area contributed by atoms with Crippen molar-refractivity contribution in [3.05, 3.63) is 90.1 Å². The van der Waals surface area contributed by atoms with Crippen LogP contribution < -0.4 is 5.32 Å². The van der Waals surface area contributed by atoms with Gasteiger partial charge in [0.1, 0.15) is 17.2 Å². The molecule has 1 amide bonds. The summed E-state index contributed by atoms with van der Waals surface area (Å²) in [5.41, 5.74) is 1.21. The quantitative estimate of drug-likeness (QED) is 0.468. The number of pyridine rings is 1. The highest BCUT2D eigenvalue weighted by molar-refractivity contribution is 6.03. The van der Waals surface area contributed by atoms with Gasteiger partial charge < -0.3 is 9.72 Å². The number of carbonyl (C=O) groups excluding carboxylic acids is 1. The van der Waals surface area contributed by atoms with Crippen LogP contribution in [0.25, 0.3) is 16.8 Å². The highest BCUT2D eigenvalue weighted by Crippen LogP contribution is 2.32. The van der Waals surface area contributed by atoms with E-state index in [1.54, 1.807) is 28.8 Å². The molecule has 0 aliphatic heterocycles. The summed E-state index contributed by atoms with van der Waals surface area (Å²) < 4.78 is 53.4. The second kappa shape index (κ2) is 7.05. The van der Waals surface area contributed by atoms with Crippen LogP contribution in [0.1, 0.15) is 16.1 Å². The number of carbonyl (C=O) groups is 1. The first-order valence-electron chi connectivity index (χ1n) is 8.53. The Balaban J connectivity index is 1.62. The number of halogens is 4. The van der Waals surface area contributed by atoms with Crippen molar-refractivity contribution < 1.29 is 22.4 Å². The van der Waals surface area contributed by atoms with E-state index < -0.39 is 23.5 Å². The summed E-state index contributed by atoms with van der Waals surface area (Å²) in [4.78, 5) is 16.6. The highest BCUT2D eigenvalue weighted by Gasteiger charge is 2.30. The molecule has 0 saturated heterocycles. The van der Waals surface area contributed by atoms with Crippen molar-refractivity contribution in [2.45, 2.75) is 6.18 Å². The molecule has 4 rings (SSSR count). The van der Waals surface area contributed by atoms with Gasteiger partial charge >= 0.3 is 6.18 Å². The predicted molar refractivity (Wildman–Crippen MR) is 100.0 cm³/mol. The molecule has 1 N–H and O–H groups in total. The number of hydrogen-bond acceptors (Lipinski definition) is 2. The van der Waals surface area contributed by atoms with Crippen molar-refractivity contribution in [2.24, 2.45) is 0 Å². The molecule has 146 valence electrons. The molecule has 0 bridgehead atoms. The second-order valence-electron chi connectivity index (χ2n) is 6.35. The van der Waals surface area contributed by atoms with Crippen molar-refractivity contribution in [2.75, 3.05) is 5.32 Å². The first-order chi connectivity index (χ1) is 13.8. The normalized spacial score (nSPS) is 11.6. The van der Waals surface area contributed by atoms with Gasteiger partial charge in [0, 0.05) is 18.1 Å². The third-order valence-electron chi connectivity index (χ3n) is 4.31. The number of rotatable bonds is 3. The van der Waals surface area contributed by atoms with Gasteiger partial charge in [0.2, 0.25) is 0 Å². The molecule has 29 heavy (non-hydrogen) atoms. The monoisotopic (exact) mass is 399 g/mol. The highest BCUT2D eigenvalue weighted by atomic mass is 19.4. The standard InChI is InChI=1S/C21H13F4N3O/c22-16-5-7-17(8-6-16)26-20(29)18-12-28-11-14(4-9-19(28)27-18)13-2-1-3-15(10-13)21(23,24)25/h1-12H,(H,26,29). The number of imidazole rings is 1. The molecule has 2 heterocycles. The van der Waals surface area contributed by atoms with Crippen molar-refractivity contribution in [3.63, 3.8) is 0 Å². The van der Waals surface area contributed by atoms with Crippen LogP contribution in [0.2, 0.25) is 0 Å². The molecule has 4 aromatic rings. The molecule has 4 nitrogen and oxygen atoms in total. The molecule has 0 spiro atoms. The van der Waals surface area contributed by atoms with Crippen molar-refractivity contribution in [1.82, 2.24) is 9.38 Å². The number of anilines is 1. The number of alkyl halides is 3. The molecule has 0 radical (unpaired) electrons. The summed E-state index contributed by atoms with van der Waals surface area (Å²) in [5, 5.41) is 2.61. The van der Waals surface area contributed by atoms with Gasteiger partial charge in [0.15, 0.2) is 0 Å². The van der Waals surface area contributed by atoms with E-state index in [9.17, 15) is 22.4 Å². The maximum absolute atomic E-state index is 13.0. The molecule has 0 aliphatic carbocycles. The minimum atomic E-state index is -4.43. The van der Waals surface area contributed by atoms with Crippen LogP contribution in [0, 0.1) is 5.82 Å². The molecule has 0 aliphatic rings. The van der Waals surface area contributed by atoms with Crippen LogP contribution in [0.4, 0.5) is 23.2 Å². The topological polar surface area (TPSA) is 46.4 Å². The first kappa shape index (κ1) is 18.7. The molecule has 0 unspecified atom stereocenters. The van der Waals surface area contributed by atoms with Crippen LogP contribution in [0.15, 0.2) is 73.1 Å². The molecule has 8 heteroatoms. The lowest BCUT2D eigenvalue weighted by Gasteiger charge is -2.09. The van der Waals surface area contributed by atoms with Gasteiger partial charge in [0.25, 0.3) is 5.91 Å².